The summed E-state index contributed by atoms with van der Waals surface area (Å²) in [4.78, 5) is 0. The zero-order valence-electron chi connectivity index (χ0n) is 14.8. The van der Waals surface area contributed by atoms with Crippen LogP contribution in [-0.4, -0.2) is 24.3 Å². The van der Waals surface area contributed by atoms with E-state index in [0.717, 1.165) is 19.5 Å². The number of rotatable bonds is 17. The maximum Gasteiger partial charge on any atom is 0.0664 e. The number of aliphatic hydroxyl groups excluding tert-OH is 1. The molecular weight excluding hydrogens is 258 g/mol. The van der Waals surface area contributed by atoms with Gasteiger partial charge < -0.3 is 10.4 Å². The first kappa shape index (κ1) is 20.9. The second-order valence-electron chi connectivity index (χ2n) is 6.54. The van der Waals surface area contributed by atoms with Gasteiger partial charge in [0.25, 0.3) is 0 Å². The van der Waals surface area contributed by atoms with E-state index in [2.05, 4.69) is 19.2 Å². The Labute approximate surface area is 134 Å². The Balaban J connectivity index is 3.11. The Hall–Kier alpha value is -0.0800. The summed E-state index contributed by atoms with van der Waals surface area (Å²) in [5.41, 5.74) is 0. The Morgan fingerprint density at radius 3 is 1.71 bits per heavy atom. The standard InChI is InChI=1S/C19H41NO/c1-3-5-7-9-11-12-14-16-19(21)18-20-17-15-13-10-8-6-4-2/h19-21H,3-18H2,1-2H3. The van der Waals surface area contributed by atoms with Crippen molar-refractivity contribution in [2.75, 3.05) is 13.1 Å². The molecule has 0 radical (unpaired) electrons. The highest BCUT2D eigenvalue weighted by molar-refractivity contribution is 4.60. The van der Waals surface area contributed by atoms with Gasteiger partial charge in [0.05, 0.1) is 6.10 Å². The molecule has 0 aliphatic heterocycles. The third kappa shape index (κ3) is 17.9. The fourth-order valence-electron chi connectivity index (χ4n) is 2.74. The number of aliphatic hydroxyl groups is 1. The van der Waals surface area contributed by atoms with Gasteiger partial charge in [-0.1, -0.05) is 90.9 Å². The summed E-state index contributed by atoms with van der Waals surface area (Å²) in [6.07, 6.45) is 18.2. The van der Waals surface area contributed by atoms with Crippen molar-refractivity contribution in [1.82, 2.24) is 5.32 Å². The molecule has 2 nitrogen and oxygen atoms in total. The molecule has 0 spiro atoms. The molecule has 128 valence electrons. The van der Waals surface area contributed by atoms with E-state index in [9.17, 15) is 5.11 Å². The van der Waals surface area contributed by atoms with Gasteiger partial charge in [0.15, 0.2) is 0 Å². The summed E-state index contributed by atoms with van der Waals surface area (Å²) in [6, 6.07) is 0. The lowest BCUT2D eigenvalue weighted by atomic mass is 10.1. The molecule has 0 aliphatic rings. The van der Waals surface area contributed by atoms with Crippen LogP contribution in [0.5, 0.6) is 0 Å². The predicted molar refractivity (Wildman–Crippen MR) is 94.9 cm³/mol. The highest BCUT2D eigenvalue weighted by atomic mass is 16.3. The normalized spacial score (nSPS) is 12.7. The maximum atomic E-state index is 9.90. The summed E-state index contributed by atoms with van der Waals surface area (Å²) < 4.78 is 0. The van der Waals surface area contributed by atoms with Gasteiger partial charge in [-0.3, -0.25) is 0 Å². The lowest BCUT2D eigenvalue weighted by Crippen LogP contribution is -2.27. The average Bonchev–Trinajstić information content (AvgIpc) is 2.49. The van der Waals surface area contributed by atoms with Crippen LogP contribution in [0.15, 0.2) is 0 Å². The molecule has 0 bridgehead atoms. The van der Waals surface area contributed by atoms with Crippen molar-refractivity contribution < 1.29 is 5.11 Å². The summed E-state index contributed by atoms with van der Waals surface area (Å²) in [7, 11) is 0. The maximum absolute atomic E-state index is 9.90. The van der Waals surface area contributed by atoms with Gasteiger partial charge >= 0.3 is 0 Å². The van der Waals surface area contributed by atoms with Crippen LogP contribution in [0.1, 0.15) is 104 Å². The molecule has 0 amide bonds. The van der Waals surface area contributed by atoms with Crippen LogP contribution in [0.25, 0.3) is 0 Å². The van der Waals surface area contributed by atoms with Gasteiger partial charge in [-0.2, -0.15) is 0 Å². The smallest absolute Gasteiger partial charge is 0.0664 e. The van der Waals surface area contributed by atoms with Gasteiger partial charge in [0.1, 0.15) is 0 Å². The molecule has 2 N–H and O–H groups in total. The Morgan fingerprint density at radius 1 is 0.667 bits per heavy atom. The molecule has 0 aromatic heterocycles. The van der Waals surface area contributed by atoms with Crippen molar-refractivity contribution in [2.24, 2.45) is 0 Å². The van der Waals surface area contributed by atoms with Crippen LogP contribution in [-0.2, 0) is 0 Å². The van der Waals surface area contributed by atoms with Gasteiger partial charge in [0, 0.05) is 6.54 Å². The van der Waals surface area contributed by atoms with E-state index in [-0.39, 0.29) is 6.10 Å². The average molecular weight is 300 g/mol. The molecule has 21 heavy (non-hydrogen) atoms. The Kier molecular flexibility index (Phi) is 17.9. The first-order valence-electron chi connectivity index (χ1n) is 9.70. The van der Waals surface area contributed by atoms with Crippen LogP contribution in [0.3, 0.4) is 0 Å². The lowest BCUT2D eigenvalue weighted by Gasteiger charge is -2.11. The van der Waals surface area contributed by atoms with Crippen molar-refractivity contribution in [3.05, 3.63) is 0 Å². The van der Waals surface area contributed by atoms with Gasteiger partial charge in [-0.15, -0.1) is 0 Å². The van der Waals surface area contributed by atoms with Gasteiger partial charge in [0.2, 0.25) is 0 Å². The highest BCUT2D eigenvalue weighted by Crippen LogP contribution is 2.09. The minimum atomic E-state index is -0.138. The van der Waals surface area contributed by atoms with Crippen LogP contribution >= 0.6 is 0 Å². The van der Waals surface area contributed by atoms with Crippen molar-refractivity contribution in [3.8, 4) is 0 Å². The van der Waals surface area contributed by atoms with E-state index in [1.807, 2.05) is 0 Å². The zero-order valence-corrected chi connectivity index (χ0v) is 14.8. The van der Waals surface area contributed by atoms with E-state index in [4.69, 9.17) is 0 Å². The molecule has 0 aromatic rings. The van der Waals surface area contributed by atoms with Crippen LogP contribution in [0.2, 0.25) is 0 Å². The monoisotopic (exact) mass is 299 g/mol. The van der Waals surface area contributed by atoms with E-state index in [1.54, 1.807) is 0 Å². The van der Waals surface area contributed by atoms with Crippen LogP contribution in [0, 0.1) is 0 Å². The molecule has 0 saturated heterocycles. The number of unbranched alkanes of at least 4 members (excludes halogenated alkanes) is 11. The number of hydrogen-bond donors (Lipinski definition) is 2. The van der Waals surface area contributed by atoms with Crippen molar-refractivity contribution in [1.29, 1.82) is 0 Å². The molecule has 1 atom stereocenters. The van der Waals surface area contributed by atoms with Crippen LogP contribution < -0.4 is 5.32 Å². The molecule has 1 unspecified atom stereocenters. The SMILES string of the molecule is CCCCCCCCCC(O)CNCCCCCCCC. The third-order valence-electron chi connectivity index (χ3n) is 4.23. The van der Waals surface area contributed by atoms with E-state index < -0.39 is 0 Å². The molecule has 0 heterocycles. The molecule has 0 aliphatic carbocycles. The molecular formula is C19H41NO. The Morgan fingerprint density at radius 2 is 1.14 bits per heavy atom. The number of nitrogens with one attached hydrogen (secondary N) is 1. The molecule has 0 fully saturated rings. The van der Waals surface area contributed by atoms with Crippen molar-refractivity contribution in [3.63, 3.8) is 0 Å². The minimum Gasteiger partial charge on any atom is -0.392 e. The van der Waals surface area contributed by atoms with Crippen molar-refractivity contribution in [2.45, 2.75) is 110 Å². The zero-order chi connectivity index (χ0) is 15.6. The van der Waals surface area contributed by atoms with Gasteiger partial charge in [-0.05, 0) is 19.4 Å². The Bertz CT molecular complexity index is 184. The van der Waals surface area contributed by atoms with Crippen molar-refractivity contribution >= 4 is 0 Å². The first-order chi connectivity index (χ1) is 10.3. The predicted octanol–water partition coefficient (Wildman–Crippen LogP) is 5.44. The lowest BCUT2D eigenvalue weighted by molar-refractivity contribution is 0.158. The van der Waals surface area contributed by atoms with E-state index in [1.165, 1.54) is 83.5 Å². The van der Waals surface area contributed by atoms with Crippen LogP contribution in [0.4, 0.5) is 0 Å². The molecule has 0 saturated carbocycles. The summed E-state index contributed by atoms with van der Waals surface area (Å²) in [5.74, 6) is 0. The van der Waals surface area contributed by atoms with Gasteiger partial charge in [-0.25, -0.2) is 0 Å². The molecule has 0 rings (SSSR count). The molecule has 0 aromatic carbocycles. The summed E-state index contributed by atoms with van der Waals surface area (Å²) in [5, 5.41) is 13.3. The second-order valence-corrected chi connectivity index (χ2v) is 6.54. The second kappa shape index (κ2) is 18.0. The largest absolute Gasteiger partial charge is 0.392 e. The number of hydrogen-bond acceptors (Lipinski definition) is 2. The summed E-state index contributed by atoms with van der Waals surface area (Å²) in [6.45, 7) is 6.37. The highest BCUT2D eigenvalue weighted by Gasteiger charge is 2.02. The van der Waals surface area contributed by atoms with E-state index in [0.29, 0.717) is 0 Å². The molecule has 2 heteroatoms. The first-order valence-corrected chi connectivity index (χ1v) is 9.70. The topological polar surface area (TPSA) is 32.3 Å². The fourth-order valence-corrected chi connectivity index (χ4v) is 2.74. The quantitative estimate of drug-likeness (QED) is 0.351. The van der Waals surface area contributed by atoms with E-state index >= 15 is 0 Å². The minimum absolute atomic E-state index is 0.138. The fraction of sp³-hybridized carbons (Fsp3) is 1.00. The third-order valence-corrected chi connectivity index (χ3v) is 4.23. The summed E-state index contributed by atoms with van der Waals surface area (Å²) >= 11 is 0.